The van der Waals surface area contributed by atoms with Crippen molar-refractivity contribution in [1.29, 1.82) is 0 Å². The summed E-state index contributed by atoms with van der Waals surface area (Å²) in [7, 11) is 0. The van der Waals surface area contributed by atoms with Crippen LogP contribution in [0.5, 0.6) is 0 Å². The topological polar surface area (TPSA) is 32.3 Å². The molecule has 2 heteroatoms. The summed E-state index contributed by atoms with van der Waals surface area (Å²) in [6.07, 6.45) is 6.15. The van der Waals surface area contributed by atoms with Gasteiger partial charge in [0.05, 0.1) is 6.10 Å². The number of hydrogen-bond acceptors (Lipinski definition) is 2. The highest BCUT2D eigenvalue weighted by atomic mass is 16.3. The van der Waals surface area contributed by atoms with Gasteiger partial charge in [-0.1, -0.05) is 42.5 Å². The maximum Gasteiger partial charge on any atom is 0.0914 e. The smallest absolute Gasteiger partial charge is 0.0914 e. The van der Waals surface area contributed by atoms with E-state index in [0.717, 1.165) is 18.4 Å². The highest BCUT2D eigenvalue weighted by Crippen LogP contribution is 2.13. The Morgan fingerprint density at radius 3 is 2.53 bits per heavy atom. The normalized spacial score (nSPS) is 18.2. The first-order valence-electron chi connectivity index (χ1n) is 5.47. The van der Waals surface area contributed by atoms with Gasteiger partial charge >= 0.3 is 0 Å². The maximum absolute atomic E-state index is 9.90. The van der Waals surface area contributed by atoms with Crippen molar-refractivity contribution in [1.82, 2.24) is 5.32 Å². The molecule has 0 saturated carbocycles. The Labute approximate surface area is 90.6 Å². The van der Waals surface area contributed by atoms with Crippen molar-refractivity contribution < 1.29 is 5.11 Å². The van der Waals surface area contributed by atoms with Gasteiger partial charge < -0.3 is 10.4 Å². The third-order valence-electron chi connectivity index (χ3n) is 2.79. The zero-order chi connectivity index (χ0) is 10.5. The van der Waals surface area contributed by atoms with Crippen LogP contribution in [0, 0.1) is 0 Å². The van der Waals surface area contributed by atoms with Gasteiger partial charge in [-0.15, -0.1) is 0 Å². The number of hydrogen-bond donors (Lipinski definition) is 2. The summed E-state index contributed by atoms with van der Waals surface area (Å²) in [6, 6.07) is 10.3. The van der Waals surface area contributed by atoms with Gasteiger partial charge in [-0.05, 0) is 18.4 Å². The van der Waals surface area contributed by atoms with Gasteiger partial charge in [0.2, 0.25) is 0 Å². The SMILES string of the molecule is OC(CNC1CC=CC1)c1ccccc1. The molecule has 2 rings (SSSR count). The van der Waals surface area contributed by atoms with Crippen molar-refractivity contribution in [3.63, 3.8) is 0 Å². The molecule has 1 aliphatic carbocycles. The minimum Gasteiger partial charge on any atom is -0.387 e. The quantitative estimate of drug-likeness (QED) is 0.734. The molecule has 0 aliphatic heterocycles. The first-order valence-corrected chi connectivity index (χ1v) is 5.47. The van der Waals surface area contributed by atoms with Gasteiger partial charge in [0.1, 0.15) is 0 Å². The molecule has 0 radical (unpaired) electrons. The van der Waals surface area contributed by atoms with Crippen LogP contribution in [0.1, 0.15) is 24.5 Å². The Bertz CT molecular complexity index is 313. The Kier molecular flexibility index (Phi) is 3.54. The highest BCUT2D eigenvalue weighted by Gasteiger charge is 2.12. The first kappa shape index (κ1) is 10.4. The number of rotatable bonds is 4. The summed E-state index contributed by atoms with van der Waals surface area (Å²) in [5.41, 5.74) is 0.982. The molecule has 0 aromatic heterocycles. The molecule has 1 atom stereocenters. The van der Waals surface area contributed by atoms with Gasteiger partial charge in [-0.2, -0.15) is 0 Å². The van der Waals surface area contributed by atoms with Gasteiger partial charge in [-0.3, -0.25) is 0 Å². The van der Waals surface area contributed by atoms with Crippen molar-refractivity contribution in [2.75, 3.05) is 6.54 Å². The summed E-state index contributed by atoms with van der Waals surface area (Å²) in [5, 5.41) is 13.3. The van der Waals surface area contributed by atoms with Crippen molar-refractivity contribution in [2.45, 2.75) is 25.0 Å². The van der Waals surface area contributed by atoms with E-state index in [1.807, 2.05) is 30.3 Å². The monoisotopic (exact) mass is 203 g/mol. The Balaban J connectivity index is 1.79. The van der Waals surface area contributed by atoms with E-state index in [-0.39, 0.29) is 0 Å². The Hall–Kier alpha value is -1.12. The van der Waals surface area contributed by atoms with Crippen LogP contribution in [0.2, 0.25) is 0 Å². The zero-order valence-corrected chi connectivity index (χ0v) is 8.76. The molecule has 1 aromatic rings. The molecule has 0 heterocycles. The molecule has 80 valence electrons. The molecule has 2 N–H and O–H groups in total. The molecule has 1 aliphatic rings. The van der Waals surface area contributed by atoms with Crippen LogP contribution in [0.3, 0.4) is 0 Å². The molecular weight excluding hydrogens is 186 g/mol. The van der Waals surface area contributed by atoms with Gasteiger partial charge in [-0.25, -0.2) is 0 Å². The van der Waals surface area contributed by atoms with E-state index in [1.165, 1.54) is 0 Å². The molecule has 0 amide bonds. The third kappa shape index (κ3) is 2.91. The lowest BCUT2D eigenvalue weighted by atomic mass is 10.1. The predicted molar refractivity (Wildman–Crippen MR) is 61.6 cm³/mol. The fourth-order valence-electron chi connectivity index (χ4n) is 1.86. The Morgan fingerprint density at radius 2 is 1.87 bits per heavy atom. The van der Waals surface area contributed by atoms with E-state index in [0.29, 0.717) is 12.6 Å². The van der Waals surface area contributed by atoms with Crippen LogP contribution in [-0.2, 0) is 0 Å². The molecule has 15 heavy (non-hydrogen) atoms. The lowest BCUT2D eigenvalue weighted by molar-refractivity contribution is 0.170. The zero-order valence-electron chi connectivity index (χ0n) is 8.76. The lowest BCUT2D eigenvalue weighted by Gasteiger charge is -2.16. The summed E-state index contributed by atoms with van der Waals surface area (Å²) in [4.78, 5) is 0. The van der Waals surface area contributed by atoms with Crippen LogP contribution in [0.4, 0.5) is 0 Å². The second kappa shape index (κ2) is 5.10. The van der Waals surface area contributed by atoms with Crippen LogP contribution >= 0.6 is 0 Å². The first-order chi connectivity index (χ1) is 7.36. The fourth-order valence-corrected chi connectivity index (χ4v) is 1.86. The molecule has 1 aromatic carbocycles. The second-order valence-corrected chi connectivity index (χ2v) is 3.97. The van der Waals surface area contributed by atoms with Crippen LogP contribution in [-0.4, -0.2) is 17.7 Å². The van der Waals surface area contributed by atoms with Crippen molar-refractivity contribution in [3.05, 3.63) is 48.0 Å². The number of aliphatic hydroxyl groups excluding tert-OH is 1. The minimum atomic E-state index is -0.396. The van der Waals surface area contributed by atoms with E-state index in [2.05, 4.69) is 17.5 Å². The highest BCUT2D eigenvalue weighted by molar-refractivity contribution is 5.17. The Morgan fingerprint density at radius 1 is 1.20 bits per heavy atom. The molecule has 1 unspecified atom stereocenters. The predicted octanol–water partition coefficient (Wildman–Crippen LogP) is 2.03. The van der Waals surface area contributed by atoms with Crippen LogP contribution < -0.4 is 5.32 Å². The second-order valence-electron chi connectivity index (χ2n) is 3.97. The number of aliphatic hydroxyl groups is 1. The van der Waals surface area contributed by atoms with Crippen molar-refractivity contribution in [2.24, 2.45) is 0 Å². The molecular formula is C13H17NO. The molecule has 0 fully saturated rings. The van der Waals surface area contributed by atoms with Gasteiger partial charge in [0, 0.05) is 12.6 Å². The van der Waals surface area contributed by atoms with Crippen molar-refractivity contribution in [3.8, 4) is 0 Å². The summed E-state index contributed by atoms with van der Waals surface area (Å²) >= 11 is 0. The standard InChI is InChI=1S/C13H17NO/c15-13(11-6-2-1-3-7-11)10-14-12-8-4-5-9-12/h1-7,12-15H,8-10H2. The summed E-state index contributed by atoms with van der Waals surface area (Å²) in [5.74, 6) is 0. The summed E-state index contributed by atoms with van der Waals surface area (Å²) in [6.45, 7) is 0.635. The third-order valence-corrected chi connectivity index (χ3v) is 2.79. The maximum atomic E-state index is 9.90. The molecule has 0 bridgehead atoms. The van der Waals surface area contributed by atoms with E-state index < -0.39 is 6.10 Å². The van der Waals surface area contributed by atoms with Crippen LogP contribution in [0.25, 0.3) is 0 Å². The van der Waals surface area contributed by atoms with Gasteiger partial charge in [0.25, 0.3) is 0 Å². The summed E-state index contributed by atoms with van der Waals surface area (Å²) < 4.78 is 0. The van der Waals surface area contributed by atoms with E-state index in [9.17, 15) is 5.11 Å². The number of benzene rings is 1. The largest absolute Gasteiger partial charge is 0.387 e. The van der Waals surface area contributed by atoms with Crippen LogP contribution in [0.15, 0.2) is 42.5 Å². The van der Waals surface area contributed by atoms with E-state index >= 15 is 0 Å². The average molecular weight is 203 g/mol. The fraction of sp³-hybridized carbons (Fsp3) is 0.385. The van der Waals surface area contributed by atoms with E-state index in [4.69, 9.17) is 0 Å². The van der Waals surface area contributed by atoms with E-state index in [1.54, 1.807) is 0 Å². The van der Waals surface area contributed by atoms with Crippen molar-refractivity contribution >= 4 is 0 Å². The lowest BCUT2D eigenvalue weighted by Crippen LogP contribution is -2.30. The van der Waals surface area contributed by atoms with Gasteiger partial charge in [0.15, 0.2) is 0 Å². The molecule has 0 spiro atoms. The average Bonchev–Trinajstić information content (AvgIpc) is 2.80. The molecule has 2 nitrogen and oxygen atoms in total. The number of nitrogens with one attached hydrogen (secondary N) is 1. The minimum absolute atomic E-state index is 0.396. The molecule has 0 saturated heterocycles.